The molecule has 0 aliphatic heterocycles. The van der Waals surface area contributed by atoms with Crippen LogP contribution in [0.3, 0.4) is 0 Å². The van der Waals surface area contributed by atoms with Crippen molar-refractivity contribution in [3.63, 3.8) is 0 Å². The second-order valence-electron chi connectivity index (χ2n) is 7.34. The molecule has 0 saturated carbocycles. The first-order valence-corrected chi connectivity index (χ1v) is 9.95. The lowest BCUT2D eigenvalue weighted by Gasteiger charge is -2.17. The van der Waals surface area contributed by atoms with Crippen LogP contribution in [0.2, 0.25) is 0 Å². The Morgan fingerprint density at radius 1 is 1.00 bits per heavy atom. The second-order valence-corrected chi connectivity index (χ2v) is 7.34. The summed E-state index contributed by atoms with van der Waals surface area (Å²) in [6.45, 7) is 0.416. The van der Waals surface area contributed by atoms with Gasteiger partial charge in [0, 0.05) is 25.0 Å². The molecule has 0 N–H and O–H groups in total. The van der Waals surface area contributed by atoms with E-state index in [1.807, 2.05) is 59.1 Å². The van der Waals surface area contributed by atoms with Gasteiger partial charge in [0.2, 0.25) is 0 Å². The minimum atomic E-state index is -0.103. The number of carbonyl (C=O) groups excluding carboxylic acids is 1. The molecule has 0 atom stereocenters. The number of benzene rings is 1. The van der Waals surface area contributed by atoms with Gasteiger partial charge in [0.1, 0.15) is 12.0 Å². The van der Waals surface area contributed by atoms with Crippen molar-refractivity contribution in [1.82, 2.24) is 19.3 Å². The molecule has 1 amide bonds. The summed E-state index contributed by atoms with van der Waals surface area (Å²) < 4.78 is 7.24. The quantitative estimate of drug-likeness (QED) is 0.414. The van der Waals surface area contributed by atoms with E-state index < -0.39 is 0 Å². The number of oxazole rings is 1. The smallest absolute Gasteiger partial charge is 0.256 e. The van der Waals surface area contributed by atoms with Crippen LogP contribution >= 0.6 is 0 Å². The summed E-state index contributed by atoms with van der Waals surface area (Å²) in [5.74, 6) is -0.103. The molecule has 0 saturated heterocycles. The molecule has 5 aromatic rings. The summed E-state index contributed by atoms with van der Waals surface area (Å²) in [5, 5.41) is 0. The van der Waals surface area contributed by atoms with Gasteiger partial charge in [-0.3, -0.25) is 9.78 Å². The monoisotopic (exact) mass is 408 g/mol. The van der Waals surface area contributed by atoms with Crippen molar-refractivity contribution in [2.24, 2.45) is 0 Å². The molecule has 0 bridgehead atoms. The van der Waals surface area contributed by atoms with Crippen LogP contribution in [-0.2, 0) is 6.54 Å². The van der Waals surface area contributed by atoms with Crippen LogP contribution in [0.1, 0.15) is 16.1 Å². The zero-order valence-corrected chi connectivity index (χ0v) is 17.0. The minimum absolute atomic E-state index is 0.103. The molecule has 0 aliphatic carbocycles. The largest absolute Gasteiger partial charge is 0.451 e. The van der Waals surface area contributed by atoms with Gasteiger partial charge in [0.15, 0.2) is 6.39 Å². The molecule has 6 nitrogen and oxygen atoms in total. The number of hydrogen-bond acceptors (Lipinski definition) is 4. The number of carbonyl (C=O) groups is 1. The van der Waals surface area contributed by atoms with Gasteiger partial charge in [-0.25, -0.2) is 4.98 Å². The molecule has 4 aromatic heterocycles. The molecule has 4 heterocycles. The highest BCUT2D eigenvalue weighted by molar-refractivity contribution is 6.02. The number of hydrogen-bond donors (Lipinski definition) is 0. The number of rotatable bonds is 5. The van der Waals surface area contributed by atoms with Crippen LogP contribution in [-0.4, -0.2) is 32.2 Å². The highest BCUT2D eigenvalue weighted by Gasteiger charge is 2.23. The molecule has 152 valence electrons. The predicted octanol–water partition coefficient (Wildman–Crippen LogP) is 4.93. The van der Waals surface area contributed by atoms with Crippen LogP contribution in [0.25, 0.3) is 28.0 Å². The first kappa shape index (κ1) is 18.8. The summed E-state index contributed by atoms with van der Waals surface area (Å²) in [5.41, 5.74) is 5.78. The van der Waals surface area contributed by atoms with E-state index in [4.69, 9.17) is 4.42 Å². The summed E-state index contributed by atoms with van der Waals surface area (Å²) in [7, 11) is 1.78. The fourth-order valence-corrected chi connectivity index (χ4v) is 3.74. The molecule has 0 aliphatic rings. The van der Waals surface area contributed by atoms with E-state index in [0.29, 0.717) is 23.5 Å². The number of aromatic nitrogens is 3. The van der Waals surface area contributed by atoms with Crippen molar-refractivity contribution < 1.29 is 9.21 Å². The SMILES string of the molecule is CN(Cc1ccccn1)C(=O)c1cc2ccc(-c3ccccc3)cn2c1-c1cocn1. The van der Waals surface area contributed by atoms with Crippen LogP contribution in [0, 0.1) is 0 Å². The summed E-state index contributed by atoms with van der Waals surface area (Å²) in [6.07, 6.45) is 6.70. The lowest BCUT2D eigenvalue weighted by molar-refractivity contribution is 0.0784. The van der Waals surface area contributed by atoms with Crippen LogP contribution in [0.5, 0.6) is 0 Å². The van der Waals surface area contributed by atoms with E-state index in [-0.39, 0.29) is 5.91 Å². The molecule has 0 fully saturated rings. The molecule has 6 heteroatoms. The second kappa shape index (κ2) is 7.91. The molecular weight excluding hydrogens is 388 g/mol. The van der Waals surface area contributed by atoms with Gasteiger partial charge < -0.3 is 13.7 Å². The van der Waals surface area contributed by atoms with Crippen molar-refractivity contribution in [2.75, 3.05) is 7.05 Å². The van der Waals surface area contributed by atoms with Gasteiger partial charge in [-0.05, 0) is 35.4 Å². The Morgan fingerprint density at radius 2 is 1.84 bits per heavy atom. The lowest BCUT2D eigenvalue weighted by Crippen LogP contribution is -2.26. The third kappa shape index (κ3) is 3.59. The zero-order chi connectivity index (χ0) is 21.2. The van der Waals surface area contributed by atoms with Gasteiger partial charge in [0.25, 0.3) is 5.91 Å². The third-order valence-electron chi connectivity index (χ3n) is 5.25. The average Bonchev–Trinajstić information content (AvgIpc) is 3.47. The normalized spacial score (nSPS) is 11.0. The molecule has 0 spiro atoms. The number of nitrogens with zero attached hydrogens (tertiary/aromatic N) is 4. The van der Waals surface area contributed by atoms with Crippen LogP contribution in [0.15, 0.2) is 96.2 Å². The number of pyridine rings is 2. The highest BCUT2D eigenvalue weighted by atomic mass is 16.3. The maximum Gasteiger partial charge on any atom is 0.256 e. The standard InChI is InChI=1S/C25H20N4O2/c1-28(15-20-9-5-6-12-26-20)25(30)22-13-21-11-10-19(18-7-3-2-4-8-18)14-29(21)24(22)23-16-31-17-27-23/h2-14,16-17H,15H2,1H3. The Bertz CT molecular complexity index is 1330. The van der Waals surface area contributed by atoms with Crippen molar-refractivity contribution in [2.45, 2.75) is 6.54 Å². The maximum absolute atomic E-state index is 13.4. The Morgan fingerprint density at radius 3 is 2.58 bits per heavy atom. The fraction of sp³-hybridized carbons (Fsp3) is 0.0800. The van der Waals surface area contributed by atoms with E-state index in [1.54, 1.807) is 24.4 Å². The first-order chi connectivity index (χ1) is 15.2. The van der Waals surface area contributed by atoms with Crippen molar-refractivity contribution in [1.29, 1.82) is 0 Å². The fourth-order valence-electron chi connectivity index (χ4n) is 3.74. The topological polar surface area (TPSA) is 63.6 Å². The first-order valence-electron chi connectivity index (χ1n) is 9.95. The average molecular weight is 408 g/mol. The van der Waals surface area contributed by atoms with Gasteiger partial charge in [0.05, 0.1) is 23.5 Å². The maximum atomic E-state index is 13.4. The van der Waals surface area contributed by atoms with Crippen LogP contribution in [0.4, 0.5) is 0 Å². The van der Waals surface area contributed by atoms with Crippen LogP contribution < -0.4 is 0 Å². The van der Waals surface area contributed by atoms with E-state index in [9.17, 15) is 4.79 Å². The summed E-state index contributed by atoms with van der Waals surface area (Å²) >= 11 is 0. The van der Waals surface area contributed by atoms with Gasteiger partial charge in [-0.15, -0.1) is 0 Å². The molecular formula is C25H20N4O2. The summed E-state index contributed by atoms with van der Waals surface area (Å²) in [6, 6.07) is 21.8. The van der Waals surface area contributed by atoms with Gasteiger partial charge >= 0.3 is 0 Å². The van der Waals surface area contributed by atoms with Gasteiger partial charge in [-0.2, -0.15) is 0 Å². The number of fused-ring (bicyclic) bond motifs is 1. The Kier molecular flexibility index (Phi) is 4.80. The molecule has 1 aromatic carbocycles. The highest BCUT2D eigenvalue weighted by Crippen LogP contribution is 2.30. The van der Waals surface area contributed by atoms with Crippen molar-refractivity contribution >= 4 is 11.4 Å². The molecule has 0 unspecified atom stereocenters. The van der Waals surface area contributed by atoms with E-state index in [1.165, 1.54) is 6.39 Å². The zero-order valence-electron chi connectivity index (χ0n) is 17.0. The minimum Gasteiger partial charge on any atom is -0.451 e. The van der Waals surface area contributed by atoms with Gasteiger partial charge in [-0.1, -0.05) is 42.5 Å². The molecule has 31 heavy (non-hydrogen) atoms. The lowest BCUT2D eigenvalue weighted by atomic mass is 10.1. The third-order valence-corrected chi connectivity index (χ3v) is 5.25. The van der Waals surface area contributed by atoms with Crippen molar-refractivity contribution in [3.05, 3.63) is 103 Å². The summed E-state index contributed by atoms with van der Waals surface area (Å²) in [4.78, 5) is 23.7. The van der Waals surface area contributed by atoms with E-state index in [0.717, 1.165) is 22.3 Å². The Balaban J connectivity index is 1.60. The van der Waals surface area contributed by atoms with E-state index >= 15 is 0 Å². The van der Waals surface area contributed by atoms with Crippen molar-refractivity contribution in [3.8, 4) is 22.5 Å². The molecule has 5 rings (SSSR count). The Labute approximate surface area is 179 Å². The number of amides is 1. The van der Waals surface area contributed by atoms with E-state index in [2.05, 4.69) is 28.2 Å². The Hall–Kier alpha value is -4.19. The molecule has 0 radical (unpaired) electrons. The predicted molar refractivity (Wildman–Crippen MR) is 118 cm³/mol.